The fourth-order valence-electron chi connectivity index (χ4n) is 1.17. The third kappa shape index (κ3) is 4.38. The molecule has 0 amide bonds. The molecular formula is C9H22N2. The summed E-state index contributed by atoms with van der Waals surface area (Å²) in [6, 6.07) is 0.501. The van der Waals surface area contributed by atoms with E-state index in [1.165, 1.54) is 19.3 Å². The van der Waals surface area contributed by atoms with E-state index in [-0.39, 0.29) is 0 Å². The van der Waals surface area contributed by atoms with Gasteiger partial charge in [0.05, 0.1) is 0 Å². The molecule has 0 aliphatic heterocycles. The molecule has 0 radical (unpaired) electrons. The monoisotopic (exact) mass is 158 g/mol. The van der Waals surface area contributed by atoms with E-state index in [0.717, 1.165) is 0 Å². The lowest BCUT2D eigenvalue weighted by molar-refractivity contribution is 0.194. The van der Waals surface area contributed by atoms with E-state index in [9.17, 15) is 0 Å². The summed E-state index contributed by atoms with van der Waals surface area (Å²) in [7, 11) is 1.94. The van der Waals surface area contributed by atoms with E-state index >= 15 is 0 Å². The fraction of sp³-hybridized carbons (Fsp3) is 1.00. The van der Waals surface area contributed by atoms with Gasteiger partial charge in [-0.05, 0) is 19.3 Å². The molecule has 0 spiro atoms. The van der Waals surface area contributed by atoms with Crippen LogP contribution in [-0.2, 0) is 0 Å². The van der Waals surface area contributed by atoms with Crippen molar-refractivity contribution in [3.05, 3.63) is 0 Å². The average molecular weight is 158 g/mol. The average Bonchev–Trinajstić information content (AvgIpc) is 1.98. The van der Waals surface area contributed by atoms with Crippen molar-refractivity contribution in [2.45, 2.75) is 46.1 Å². The van der Waals surface area contributed by atoms with E-state index in [4.69, 9.17) is 5.84 Å². The molecule has 0 aromatic heterocycles. The van der Waals surface area contributed by atoms with Gasteiger partial charge in [-0.2, -0.15) is 0 Å². The smallest absolute Gasteiger partial charge is 0.0235 e. The lowest BCUT2D eigenvalue weighted by Crippen LogP contribution is -2.39. The highest BCUT2D eigenvalue weighted by Crippen LogP contribution is 2.13. The van der Waals surface area contributed by atoms with Gasteiger partial charge in [0.1, 0.15) is 0 Å². The van der Waals surface area contributed by atoms with Gasteiger partial charge in [-0.25, -0.2) is 5.01 Å². The van der Waals surface area contributed by atoms with Crippen molar-refractivity contribution in [1.29, 1.82) is 0 Å². The highest BCUT2D eigenvalue weighted by Gasteiger charge is 2.13. The van der Waals surface area contributed by atoms with Crippen molar-refractivity contribution in [3.8, 4) is 0 Å². The Kier molecular flexibility index (Phi) is 5.51. The normalized spacial score (nSPS) is 16.9. The van der Waals surface area contributed by atoms with Crippen molar-refractivity contribution in [3.63, 3.8) is 0 Å². The van der Waals surface area contributed by atoms with Gasteiger partial charge in [-0.3, -0.25) is 5.84 Å². The van der Waals surface area contributed by atoms with Crippen LogP contribution in [0.2, 0.25) is 0 Å². The van der Waals surface area contributed by atoms with Crippen LogP contribution in [0, 0.1) is 5.92 Å². The molecule has 0 rings (SSSR count). The Hall–Kier alpha value is -0.0800. The van der Waals surface area contributed by atoms with Crippen molar-refractivity contribution in [1.82, 2.24) is 5.01 Å². The number of hydrogen-bond donors (Lipinski definition) is 1. The lowest BCUT2D eigenvalue weighted by Gasteiger charge is -2.25. The molecule has 0 aliphatic carbocycles. The first-order valence-electron chi connectivity index (χ1n) is 4.57. The van der Waals surface area contributed by atoms with Crippen LogP contribution in [0.1, 0.15) is 40.0 Å². The summed E-state index contributed by atoms with van der Waals surface area (Å²) < 4.78 is 0. The van der Waals surface area contributed by atoms with Crippen molar-refractivity contribution >= 4 is 0 Å². The van der Waals surface area contributed by atoms with Crippen LogP contribution >= 0.6 is 0 Å². The summed E-state index contributed by atoms with van der Waals surface area (Å²) in [6.45, 7) is 6.67. The molecule has 1 unspecified atom stereocenters. The molecule has 0 saturated heterocycles. The zero-order valence-electron chi connectivity index (χ0n) is 8.30. The van der Waals surface area contributed by atoms with Crippen molar-refractivity contribution < 1.29 is 0 Å². The predicted molar refractivity (Wildman–Crippen MR) is 50.1 cm³/mol. The van der Waals surface area contributed by atoms with Crippen LogP contribution in [0.3, 0.4) is 0 Å². The van der Waals surface area contributed by atoms with Crippen LogP contribution in [0.5, 0.6) is 0 Å². The fourth-order valence-corrected chi connectivity index (χ4v) is 1.17. The van der Waals surface area contributed by atoms with Gasteiger partial charge in [0.15, 0.2) is 0 Å². The maximum absolute atomic E-state index is 5.64. The second-order valence-electron chi connectivity index (χ2n) is 3.53. The Balaban J connectivity index is 3.55. The molecule has 11 heavy (non-hydrogen) atoms. The minimum absolute atomic E-state index is 0.501. The molecular weight excluding hydrogens is 136 g/mol. The van der Waals surface area contributed by atoms with Gasteiger partial charge >= 0.3 is 0 Å². The molecule has 0 aromatic carbocycles. The summed E-state index contributed by atoms with van der Waals surface area (Å²) >= 11 is 0. The van der Waals surface area contributed by atoms with Crippen LogP contribution < -0.4 is 5.84 Å². The molecule has 2 heteroatoms. The SMILES string of the molecule is CCCC[C@H](C)C(C)N(C)N. The predicted octanol–water partition coefficient (Wildman–Crippen LogP) is 2.01. The van der Waals surface area contributed by atoms with E-state index in [0.29, 0.717) is 12.0 Å². The number of nitrogens with two attached hydrogens (primary N) is 1. The standard InChI is InChI=1S/C9H22N2/c1-5-6-7-8(2)9(3)11(4)10/h8-9H,5-7,10H2,1-4H3/t8-,9?/m0/s1. The highest BCUT2D eigenvalue weighted by molar-refractivity contribution is 4.66. The summed E-state index contributed by atoms with van der Waals surface area (Å²) in [4.78, 5) is 0. The molecule has 68 valence electrons. The first kappa shape index (κ1) is 10.9. The lowest BCUT2D eigenvalue weighted by atomic mass is 9.97. The van der Waals surface area contributed by atoms with Crippen molar-refractivity contribution in [2.75, 3.05) is 7.05 Å². The third-order valence-corrected chi connectivity index (χ3v) is 2.48. The van der Waals surface area contributed by atoms with Gasteiger partial charge < -0.3 is 0 Å². The molecule has 0 fully saturated rings. The largest absolute Gasteiger partial charge is 0.269 e. The van der Waals surface area contributed by atoms with Gasteiger partial charge in [0.2, 0.25) is 0 Å². The first-order valence-corrected chi connectivity index (χ1v) is 4.57. The number of unbranched alkanes of at least 4 members (excludes halogenated alkanes) is 1. The topological polar surface area (TPSA) is 29.3 Å². The molecule has 0 heterocycles. The van der Waals surface area contributed by atoms with Crippen LogP contribution in [0.4, 0.5) is 0 Å². The van der Waals surface area contributed by atoms with Gasteiger partial charge in [-0.1, -0.05) is 26.7 Å². The molecule has 0 saturated carbocycles. The zero-order chi connectivity index (χ0) is 8.85. The van der Waals surface area contributed by atoms with E-state index in [2.05, 4.69) is 20.8 Å². The number of rotatable bonds is 5. The Labute approximate surface area is 70.7 Å². The summed E-state index contributed by atoms with van der Waals surface area (Å²) in [5, 5.41) is 1.81. The summed E-state index contributed by atoms with van der Waals surface area (Å²) in [5.74, 6) is 6.35. The van der Waals surface area contributed by atoms with Gasteiger partial charge in [-0.15, -0.1) is 0 Å². The van der Waals surface area contributed by atoms with Crippen LogP contribution in [0.15, 0.2) is 0 Å². The molecule has 0 bridgehead atoms. The van der Waals surface area contributed by atoms with Crippen LogP contribution in [0.25, 0.3) is 0 Å². The quantitative estimate of drug-likeness (QED) is 0.490. The van der Waals surface area contributed by atoms with Gasteiger partial charge in [0, 0.05) is 13.1 Å². The Bertz CT molecular complexity index is 91.6. The molecule has 0 aliphatic rings. The maximum Gasteiger partial charge on any atom is 0.0235 e. The Morgan fingerprint density at radius 2 is 1.91 bits per heavy atom. The second-order valence-corrected chi connectivity index (χ2v) is 3.53. The highest BCUT2D eigenvalue weighted by atomic mass is 15.4. The number of nitrogens with zero attached hydrogens (tertiary/aromatic N) is 1. The number of hydrogen-bond acceptors (Lipinski definition) is 2. The van der Waals surface area contributed by atoms with E-state index < -0.39 is 0 Å². The minimum Gasteiger partial charge on any atom is -0.269 e. The molecule has 2 atom stereocenters. The first-order chi connectivity index (χ1) is 5.09. The van der Waals surface area contributed by atoms with E-state index in [1.54, 1.807) is 5.01 Å². The van der Waals surface area contributed by atoms with Crippen LogP contribution in [-0.4, -0.2) is 18.1 Å². The summed E-state index contributed by atoms with van der Waals surface area (Å²) in [5.41, 5.74) is 0. The summed E-state index contributed by atoms with van der Waals surface area (Å²) in [6.07, 6.45) is 3.89. The van der Waals surface area contributed by atoms with Gasteiger partial charge in [0.25, 0.3) is 0 Å². The molecule has 2 nitrogen and oxygen atoms in total. The zero-order valence-corrected chi connectivity index (χ0v) is 8.30. The third-order valence-electron chi connectivity index (χ3n) is 2.48. The maximum atomic E-state index is 5.64. The van der Waals surface area contributed by atoms with Crippen molar-refractivity contribution in [2.24, 2.45) is 11.8 Å². The molecule has 0 aromatic rings. The number of hydrazine groups is 1. The van der Waals surface area contributed by atoms with E-state index in [1.807, 2.05) is 7.05 Å². The molecule has 2 N–H and O–H groups in total. The Morgan fingerprint density at radius 3 is 2.27 bits per heavy atom. The Morgan fingerprint density at radius 1 is 1.36 bits per heavy atom. The minimum atomic E-state index is 0.501. The second kappa shape index (κ2) is 5.56.